The third-order valence-electron chi connectivity index (χ3n) is 4.49. The van der Waals surface area contributed by atoms with E-state index >= 15 is 0 Å². The van der Waals surface area contributed by atoms with Crippen LogP contribution < -0.4 is 10.7 Å². The Hall–Kier alpha value is -3.58. The predicted octanol–water partition coefficient (Wildman–Crippen LogP) is 5.46. The zero-order chi connectivity index (χ0) is 21.1. The van der Waals surface area contributed by atoms with Crippen LogP contribution in [0.2, 0.25) is 0 Å². The number of fused-ring (bicyclic) bond motifs is 1. The zero-order valence-corrected chi connectivity index (χ0v) is 17.7. The third kappa shape index (κ3) is 4.36. The molecule has 0 saturated heterocycles. The van der Waals surface area contributed by atoms with Gasteiger partial charge in [0.25, 0.3) is 0 Å². The molecule has 4 rings (SSSR count). The summed E-state index contributed by atoms with van der Waals surface area (Å²) in [6, 6.07) is 19.9. The molecule has 0 aliphatic heterocycles. The Kier molecular flexibility index (Phi) is 5.54. The highest BCUT2D eigenvalue weighted by molar-refractivity contribution is 7.21. The molecule has 0 fully saturated rings. The van der Waals surface area contributed by atoms with E-state index < -0.39 is 0 Å². The molecule has 0 radical (unpaired) electrons. The molecule has 150 valence electrons. The summed E-state index contributed by atoms with van der Waals surface area (Å²) in [7, 11) is 0. The van der Waals surface area contributed by atoms with Gasteiger partial charge in [-0.15, -0.1) is 11.3 Å². The maximum Gasteiger partial charge on any atom is 0.221 e. The van der Waals surface area contributed by atoms with Crippen molar-refractivity contribution >= 4 is 44.7 Å². The van der Waals surface area contributed by atoms with Gasteiger partial charge in [0.1, 0.15) is 10.7 Å². The molecule has 0 saturated carbocycles. The number of nitrogens with one attached hydrogen (secondary N) is 2. The molecule has 7 heteroatoms. The smallest absolute Gasteiger partial charge is 0.221 e. The first-order chi connectivity index (χ1) is 14.5. The number of amides is 1. The molecule has 1 amide bonds. The van der Waals surface area contributed by atoms with Gasteiger partial charge in [-0.05, 0) is 43.2 Å². The number of carbonyl (C=O) groups excluding carboxylic acids is 1. The van der Waals surface area contributed by atoms with Gasteiger partial charge in [-0.1, -0.05) is 42.5 Å². The number of carbonyl (C=O) groups is 1. The Bertz CT molecular complexity index is 1250. The Balaban J connectivity index is 1.65. The lowest BCUT2D eigenvalue weighted by Gasteiger charge is -2.07. The van der Waals surface area contributed by atoms with Crippen molar-refractivity contribution < 1.29 is 4.79 Å². The number of rotatable bonds is 5. The van der Waals surface area contributed by atoms with Gasteiger partial charge in [0, 0.05) is 17.5 Å². The second-order valence-electron chi connectivity index (χ2n) is 6.89. The van der Waals surface area contributed by atoms with Crippen molar-refractivity contribution in [2.45, 2.75) is 20.8 Å². The van der Waals surface area contributed by atoms with Crippen LogP contribution in [0.25, 0.3) is 20.7 Å². The second kappa shape index (κ2) is 8.42. The monoisotopic (exact) mass is 415 g/mol. The molecule has 30 heavy (non-hydrogen) atoms. The number of benzene rings is 2. The number of hydrazone groups is 1. The zero-order valence-electron chi connectivity index (χ0n) is 16.9. The van der Waals surface area contributed by atoms with Crippen molar-refractivity contribution in [1.29, 1.82) is 0 Å². The van der Waals surface area contributed by atoms with E-state index in [2.05, 4.69) is 44.0 Å². The molecule has 4 aromatic rings. The fourth-order valence-corrected chi connectivity index (χ4v) is 4.17. The second-order valence-corrected chi connectivity index (χ2v) is 7.92. The average Bonchev–Trinajstić information content (AvgIpc) is 3.16. The van der Waals surface area contributed by atoms with Crippen molar-refractivity contribution in [2.75, 3.05) is 10.7 Å². The number of hydrogen-bond donors (Lipinski definition) is 2. The van der Waals surface area contributed by atoms with Crippen LogP contribution in [0.4, 0.5) is 11.5 Å². The van der Waals surface area contributed by atoms with Crippen LogP contribution in [-0.2, 0) is 4.79 Å². The molecule has 0 aliphatic rings. The first-order valence-electron chi connectivity index (χ1n) is 9.51. The first kappa shape index (κ1) is 19.7. The lowest BCUT2D eigenvalue weighted by molar-refractivity contribution is -0.114. The number of aryl methyl sites for hydroxylation is 1. The number of nitrogens with zero attached hydrogens (tertiary/aromatic N) is 3. The Morgan fingerprint density at radius 1 is 1.00 bits per heavy atom. The number of anilines is 2. The van der Waals surface area contributed by atoms with E-state index in [4.69, 9.17) is 0 Å². The Labute approximate surface area is 178 Å². The van der Waals surface area contributed by atoms with Crippen LogP contribution in [0.3, 0.4) is 0 Å². The van der Waals surface area contributed by atoms with E-state index in [0.717, 1.165) is 37.6 Å². The van der Waals surface area contributed by atoms with Crippen molar-refractivity contribution in [2.24, 2.45) is 5.10 Å². The molecule has 0 aliphatic carbocycles. The summed E-state index contributed by atoms with van der Waals surface area (Å²) in [5.74, 6) is 1.26. The van der Waals surface area contributed by atoms with Crippen molar-refractivity contribution in [3.05, 3.63) is 72.1 Å². The summed E-state index contributed by atoms with van der Waals surface area (Å²) in [5, 5.41) is 8.25. The van der Waals surface area contributed by atoms with Gasteiger partial charge in [0.2, 0.25) is 5.91 Å². The Morgan fingerprint density at radius 2 is 1.80 bits per heavy atom. The fourth-order valence-electron chi connectivity index (χ4n) is 3.08. The van der Waals surface area contributed by atoms with Crippen LogP contribution in [0.5, 0.6) is 0 Å². The summed E-state index contributed by atoms with van der Waals surface area (Å²) >= 11 is 1.64. The minimum Gasteiger partial charge on any atom is -0.326 e. The van der Waals surface area contributed by atoms with Crippen molar-refractivity contribution in [3.63, 3.8) is 0 Å². The molecule has 0 unspecified atom stereocenters. The molecule has 0 spiro atoms. The van der Waals surface area contributed by atoms with Gasteiger partial charge in [-0.2, -0.15) is 5.10 Å². The molecule has 6 nitrogen and oxygen atoms in total. The maximum atomic E-state index is 11.3. The predicted molar refractivity (Wildman–Crippen MR) is 124 cm³/mol. The third-order valence-corrected chi connectivity index (χ3v) is 5.57. The van der Waals surface area contributed by atoms with Gasteiger partial charge < -0.3 is 5.32 Å². The molecule has 2 aromatic carbocycles. The van der Waals surface area contributed by atoms with Crippen molar-refractivity contribution in [3.8, 4) is 10.4 Å². The molecule has 2 N–H and O–H groups in total. The van der Waals surface area contributed by atoms with Gasteiger partial charge in [-0.25, -0.2) is 9.97 Å². The van der Waals surface area contributed by atoms with Crippen LogP contribution in [0, 0.1) is 6.92 Å². The molecular formula is C23H21N5OS. The minimum absolute atomic E-state index is 0.106. The summed E-state index contributed by atoms with van der Waals surface area (Å²) in [6.45, 7) is 5.27. The largest absolute Gasteiger partial charge is 0.326 e. The van der Waals surface area contributed by atoms with Gasteiger partial charge in [0.15, 0.2) is 5.82 Å². The number of thiophene rings is 1. The molecule has 0 bridgehead atoms. The quantitative estimate of drug-likeness (QED) is 0.335. The minimum atomic E-state index is -0.106. The highest BCUT2D eigenvalue weighted by atomic mass is 32.1. The van der Waals surface area contributed by atoms with Crippen LogP contribution in [-0.4, -0.2) is 21.6 Å². The summed E-state index contributed by atoms with van der Waals surface area (Å²) in [4.78, 5) is 22.5. The van der Waals surface area contributed by atoms with E-state index in [0.29, 0.717) is 11.6 Å². The van der Waals surface area contributed by atoms with E-state index in [-0.39, 0.29) is 5.91 Å². The van der Waals surface area contributed by atoms with Crippen LogP contribution >= 0.6 is 11.3 Å². The highest BCUT2D eigenvalue weighted by Crippen LogP contribution is 2.35. The lowest BCUT2D eigenvalue weighted by atomic mass is 10.1. The Morgan fingerprint density at radius 3 is 2.57 bits per heavy atom. The first-order valence-corrected chi connectivity index (χ1v) is 10.3. The van der Waals surface area contributed by atoms with E-state index in [1.807, 2.05) is 56.3 Å². The lowest BCUT2D eigenvalue weighted by Crippen LogP contribution is -2.07. The van der Waals surface area contributed by atoms with Gasteiger partial charge >= 0.3 is 0 Å². The van der Waals surface area contributed by atoms with Gasteiger partial charge in [-0.3, -0.25) is 10.2 Å². The molecule has 0 atom stereocenters. The van der Waals surface area contributed by atoms with E-state index in [1.54, 1.807) is 11.3 Å². The van der Waals surface area contributed by atoms with E-state index in [9.17, 15) is 4.79 Å². The standard InChI is InChI=1S/C23H21N5OS/c1-14(18-10-7-11-19(12-18)26-16(3)29)27-28-22-20-13-21(17-8-5-4-6-9-17)30-23(20)25-15(2)24-22/h4-13H,1-3H3,(H,26,29)(H,24,25,28)/b27-14+. The molecular weight excluding hydrogens is 394 g/mol. The highest BCUT2D eigenvalue weighted by Gasteiger charge is 2.11. The van der Waals surface area contributed by atoms with Crippen LogP contribution in [0.15, 0.2) is 65.8 Å². The SMILES string of the molecule is CC(=O)Nc1cccc(/C(C)=N/Nc2nc(C)nc3sc(-c4ccccc4)cc23)c1. The van der Waals surface area contributed by atoms with Crippen LogP contribution in [0.1, 0.15) is 25.2 Å². The topological polar surface area (TPSA) is 79.3 Å². The molecule has 2 aromatic heterocycles. The fraction of sp³-hybridized carbons (Fsp3) is 0.130. The average molecular weight is 416 g/mol. The van der Waals surface area contributed by atoms with E-state index in [1.165, 1.54) is 6.92 Å². The van der Waals surface area contributed by atoms with Crippen molar-refractivity contribution in [1.82, 2.24) is 9.97 Å². The number of hydrogen-bond acceptors (Lipinski definition) is 6. The summed E-state index contributed by atoms with van der Waals surface area (Å²) in [5.41, 5.74) is 6.69. The normalized spacial score (nSPS) is 11.5. The summed E-state index contributed by atoms with van der Waals surface area (Å²) in [6.07, 6.45) is 0. The summed E-state index contributed by atoms with van der Waals surface area (Å²) < 4.78 is 0. The maximum absolute atomic E-state index is 11.3. The molecule has 2 heterocycles. The number of aromatic nitrogens is 2. The van der Waals surface area contributed by atoms with Gasteiger partial charge in [0.05, 0.1) is 11.1 Å².